The van der Waals surface area contributed by atoms with Gasteiger partial charge in [0.2, 0.25) is 0 Å². The molecule has 1 fully saturated rings. The number of fused-ring (bicyclic) bond motifs is 3. The minimum atomic E-state index is 0.159. The second-order valence-corrected chi connectivity index (χ2v) is 7.86. The van der Waals surface area contributed by atoms with Gasteiger partial charge in [0.25, 0.3) is 0 Å². The van der Waals surface area contributed by atoms with Gasteiger partial charge in [-0.2, -0.15) is 0 Å². The van der Waals surface area contributed by atoms with Gasteiger partial charge in [-0.3, -0.25) is 0 Å². The molecule has 0 unspecified atom stereocenters. The summed E-state index contributed by atoms with van der Waals surface area (Å²) in [6.07, 6.45) is 1.22. The topological polar surface area (TPSA) is 39.7 Å². The Kier molecular flexibility index (Phi) is 4.54. The summed E-state index contributed by atoms with van der Waals surface area (Å²) in [6.45, 7) is 2.94. The first kappa shape index (κ1) is 17.0. The van der Waals surface area contributed by atoms with E-state index in [1.165, 1.54) is 22.4 Å². The summed E-state index contributed by atoms with van der Waals surface area (Å²) in [5.41, 5.74) is 4.94. The van der Waals surface area contributed by atoms with E-state index in [0.29, 0.717) is 5.92 Å². The molecule has 1 saturated heterocycles. The third kappa shape index (κ3) is 2.87. The third-order valence-corrected chi connectivity index (χ3v) is 6.01. The van der Waals surface area contributed by atoms with Crippen LogP contribution in [-0.4, -0.2) is 20.8 Å². The summed E-state index contributed by atoms with van der Waals surface area (Å²) in [5, 5.41) is 3.75. The van der Waals surface area contributed by atoms with Crippen LogP contribution in [0.15, 0.2) is 30.3 Å². The van der Waals surface area contributed by atoms with Crippen molar-refractivity contribution < 1.29 is 14.2 Å². The molecule has 4 rings (SSSR count). The van der Waals surface area contributed by atoms with Crippen LogP contribution in [0.5, 0.6) is 11.5 Å². The van der Waals surface area contributed by atoms with Crippen LogP contribution >= 0.6 is 22.6 Å². The van der Waals surface area contributed by atoms with E-state index in [4.69, 9.17) is 14.2 Å². The molecule has 5 heteroatoms. The van der Waals surface area contributed by atoms with Crippen LogP contribution in [0, 0.1) is 16.4 Å². The van der Waals surface area contributed by atoms with Crippen molar-refractivity contribution in [3.05, 3.63) is 50.6 Å². The Morgan fingerprint density at radius 1 is 1.16 bits per heavy atom. The molecule has 2 aliphatic heterocycles. The van der Waals surface area contributed by atoms with Gasteiger partial charge < -0.3 is 19.5 Å². The zero-order valence-electron chi connectivity index (χ0n) is 14.6. The van der Waals surface area contributed by atoms with E-state index in [-0.39, 0.29) is 12.1 Å². The van der Waals surface area contributed by atoms with Crippen LogP contribution in [0.1, 0.15) is 35.3 Å². The first-order valence-corrected chi connectivity index (χ1v) is 9.60. The maximum Gasteiger partial charge on any atom is 0.174 e. The van der Waals surface area contributed by atoms with Crippen LogP contribution in [0.2, 0.25) is 0 Å². The number of hydrogen-bond acceptors (Lipinski definition) is 4. The monoisotopic (exact) mass is 451 g/mol. The van der Waals surface area contributed by atoms with Crippen LogP contribution in [0.4, 0.5) is 5.69 Å². The first-order valence-electron chi connectivity index (χ1n) is 8.52. The molecule has 0 spiro atoms. The molecule has 0 aromatic heterocycles. The summed E-state index contributed by atoms with van der Waals surface area (Å²) < 4.78 is 18.2. The lowest BCUT2D eigenvalue weighted by Gasteiger charge is -2.37. The molecule has 0 bridgehead atoms. The highest BCUT2D eigenvalue weighted by Crippen LogP contribution is 2.51. The first-order chi connectivity index (χ1) is 12.1. The van der Waals surface area contributed by atoms with Gasteiger partial charge in [0.15, 0.2) is 11.5 Å². The smallest absolute Gasteiger partial charge is 0.174 e. The van der Waals surface area contributed by atoms with E-state index in [1.54, 1.807) is 14.2 Å². The Morgan fingerprint density at radius 2 is 2.00 bits per heavy atom. The minimum absolute atomic E-state index is 0.159. The second-order valence-electron chi connectivity index (χ2n) is 6.69. The lowest BCUT2D eigenvalue weighted by molar-refractivity contribution is 0.0828. The van der Waals surface area contributed by atoms with E-state index in [0.717, 1.165) is 28.1 Å². The predicted octanol–water partition coefficient (Wildman–Crippen LogP) is 4.86. The van der Waals surface area contributed by atoms with Crippen molar-refractivity contribution in [3.8, 4) is 11.5 Å². The van der Waals surface area contributed by atoms with E-state index < -0.39 is 0 Å². The molecule has 3 atom stereocenters. The third-order valence-electron chi connectivity index (χ3n) is 5.21. The maximum atomic E-state index is 6.12. The molecule has 2 aromatic carbocycles. The number of nitrogens with one attached hydrogen (secondary N) is 1. The van der Waals surface area contributed by atoms with Crippen molar-refractivity contribution in [2.75, 3.05) is 26.1 Å². The molecule has 2 heterocycles. The average Bonchev–Trinajstić information content (AvgIpc) is 3.10. The van der Waals surface area contributed by atoms with E-state index >= 15 is 0 Å². The highest BCUT2D eigenvalue weighted by atomic mass is 127. The van der Waals surface area contributed by atoms with E-state index in [1.807, 2.05) is 0 Å². The van der Waals surface area contributed by atoms with Gasteiger partial charge in [0, 0.05) is 23.8 Å². The van der Waals surface area contributed by atoms with Crippen LogP contribution < -0.4 is 14.8 Å². The Hall–Kier alpha value is -1.47. The Labute approximate surface area is 162 Å². The Morgan fingerprint density at radius 3 is 2.76 bits per heavy atom. The van der Waals surface area contributed by atoms with E-state index in [9.17, 15) is 0 Å². The van der Waals surface area contributed by atoms with Gasteiger partial charge >= 0.3 is 0 Å². The fraction of sp³-hybridized carbons (Fsp3) is 0.400. The van der Waals surface area contributed by atoms with Crippen molar-refractivity contribution in [2.45, 2.75) is 25.5 Å². The van der Waals surface area contributed by atoms with E-state index in [2.05, 4.69) is 65.2 Å². The minimum Gasteiger partial charge on any atom is -0.493 e. The number of rotatable bonds is 3. The fourth-order valence-corrected chi connectivity index (χ4v) is 4.89. The van der Waals surface area contributed by atoms with Crippen molar-refractivity contribution in [2.24, 2.45) is 5.92 Å². The standard InChI is InChI=1S/C20H22INO3/c1-11-4-5-16-14(8-11)19-13(6-7-25-19)18(22-16)12-9-15(21)20(24-3)17(10-12)23-2/h4-5,8-10,13,18-19,22H,6-7H2,1-3H3/t13-,18-,19-/m0/s1. The summed E-state index contributed by atoms with van der Waals surface area (Å²) in [5.74, 6) is 1.98. The molecule has 132 valence electrons. The number of benzene rings is 2. The maximum absolute atomic E-state index is 6.12. The van der Waals surface area contributed by atoms with Crippen LogP contribution in [0.3, 0.4) is 0 Å². The number of halogens is 1. The SMILES string of the molecule is COc1cc([C@@H]2Nc3ccc(C)cc3[C@H]3OCC[C@H]32)cc(I)c1OC. The zero-order chi connectivity index (χ0) is 17.6. The number of anilines is 1. The molecule has 4 nitrogen and oxygen atoms in total. The number of methoxy groups -OCH3 is 2. The molecule has 2 aliphatic rings. The lowest BCUT2D eigenvalue weighted by Crippen LogP contribution is -2.29. The fourth-order valence-electron chi connectivity index (χ4n) is 4.04. The highest BCUT2D eigenvalue weighted by Gasteiger charge is 2.41. The van der Waals surface area contributed by atoms with Gasteiger partial charge in [0.1, 0.15) is 0 Å². The highest BCUT2D eigenvalue weighted by molar-refractivity contribution is 14.1. The molecular formula is C20H22INO3. The van der Waals surface area contributed by atoms with Crippen molar-refractivity contribution in [1.29, 1.82) is 0 Å². The summed E-state index contributed by atoms with van der Waals surface area (Å²) >= 11 is 2.31. The summed E-state index contributed by atoms with van der Waals surface area (Å²) in [7, 11) is 3.36. The largest absolute Gasteiger partial charge is 0.493 e. The van der Waals surface area contributed by atoms with Crippen molar-refractivity contribution in [1.82, 2.24) is 0 Å². The Balaban J connectivity index is 1.78. The van der Waals surface area contributed by atoms with Gasteiger partial charge in [-0.05, 0) is 59.7 Å². The van der Waals surface area contributed by atoms with Gasteiger partial charge in [0.05, 0.1) is 29.9 Å². The zero-order valence-corrected chi connectivity index (χ0v) is 16.8. The number of aryl methyl sites for hydroxylation is 1. The molecule has 0 aliphatic carbocycles. The van der Waals surface area contributed by atoms with Crippen molar-refractivity contribution in [3.63, 3.8) is 0 Å². The molecule has 0 radical (unpaired) electrons. The molecule has 0 saturated carbocycles. The lowest BCUT2D eigenvalue weighted by atomic mass is 9.80. The molecular weight excluding hydrogens is 429 g/mol. The summed E-state index contributed by atoms with van der Waals surface area (Å²) in [6, 6.07) is 11.1. The molecule has 25 heavy (non-hydrogen) atoms. The summed E-state index contributed by atoms with van der Waals surface area (Å²) in [4.78, 5) is 0. The van der Waals surface area contributed by atoms with Crippen molar-refractivity contribution >= 4 is 28.3 Å². The quantitative estimate of drug-likeness (QED) is 0.677. The van der Waals surface area contributed by atoms with Crippen LogP contribution in [0.25, 0.3) is 0 Å². The normalized spacial score (nSPS) is 24.2. The molecule has 1 N–H and O–H groups in total. The van der Waals surface area contributed by atoms with Gasteiger partial charge in [-0.15, -0.1) is 0 Å². The Bertz CT molecular complexity index is 808. The average molecular weight is 451 g/mol. The number of ether oxygens (including phenoxy) is 3. The van der Waals surface area contributed by atoms with Crippen LogP contribution in [-0.2, 0) is 4.74 Å². The second kappa shape index (κ2) is 6.68. The van der Waals surface area contributed by atoms with Gasteiger partial charge in [-0.1, -0.05) is 17.7 Å². The predicted molar refractivity (Wildman–Crippen MR) is 107 cm³/mol. The molecule has 2 aromatic rings. The number of hydrogen-bond donors (Lipinski definition) is 1. The molecule has 0 amide bonds. The van der Waals surface area contributed by atoms with Gasteiger partial charge in [-0.25, -0.2) is 0 Å².